The minimum atomic E-state index is -0.0654. The van der Waals surface area contributed by atoms with Crippen molar-refractivity contribution in [2.75, 3.05) is 18.4 Å². The molecule has 0 radical (unpaired) electrons. The molecule has 1 amide bonds. The molecule has 0 bridgehead atoms. The Labute approximate surface area is 109 Å². The number of carbonyl (C=O) groups excluding carboxylic acids is 1. The average molecular weight is 249 g/mol. The second-order valence-corrected chi connectivity index (χ2v) is 5.34. The van der Waals surface area contributed by atoms with Gasteiger partial charge in [-0.3, -0.25) is 9.78 Å². The average Bonchev–Trinajstić information content (AvgIpc) is 2.33. The number of hydrogen-bond acceptors (Lipinski definition) is 3. The minimum Gasteiger partial charge on any atom is -0.384 e. The van der Waals surface area contributed by atoms with Crippen LogP contribution in [0.4, 0.5) is 5.69 Å². The standard InChI is InChI=1S/C14H23N3O/c1-10(2)6-16-13-5-12(8-15-9-13)14(18)17-7-11(3)4/h5,8-11,16H,6-7H2,1-4H3,(H,17,18). The summed E-state index contributed by atoms with van der Waals surface area (Å²) in [6.45, 7) is 9.97. The highest BCUT2D eigenvalue weighted by molar-refractivity contribution is 5.94. The number of aromatic nitrogens is 1. The SMILES string of the molecule is CC(C)CNC(=O)c1cncc(NCC(C)C)c1. The first-order valence-corrected chi connectivity index (χ1v) is 6.46. The molecule has 0 aliphatic rings. The largest absolute Gasteiger partial charge is 0.384 e. The Bertz CT molecular complexity index is 388. The Balaban J connectivity index is 2.60. The molecule has 0 saturated carbocycles. The molecule has 100 valence electrons. The van der Waals surface area contributed by atoms with Gasteiger partial charge in [0.05, 0.1) is 11.3 Å². The predicted molar refractivity (Wildman–Crippen MR) is 74.7 cm³/mol. The fourth-order valence-electron chi connectivity index (χ4n) is 1.38. The lowest BCUT2D eigenvalue weighted by molar-refractivity contribution is 0.0948. The van der Waals surface area contributed by atoms with E-state index in [1.807, 2.05) is 6.07 Å². The van der Waals surface area contributed by atoms with E-state index in [1.165, 1.54) is 0 Å². The third kappa shape index (κ3) is 5.17. The van der Waals surface area contributed by atoms with Crippen LogP contribution in [0.5, 0.6) is 0 Å². The summed E-state index contributed by atoms with van der Waals surface area (Å²) in [6, 6.07) is 1.84. The molecule has 0 atom stereocenters. The summed E-state index contributed by atoms with van der Waals surface area (Å²) in [4.78, 5) is 15.9. The first kappa shape index (κ1) is 14.5. The van der Waals surface area contributed by atoms with E-state index in [4.69, 9.17) is 0 Å². The Kier molecular flexibility index (Phi) is 5.62. The highest BCUT2D eigenvalue weighted by Crippen LogP contribution is 2.09. The number of anilines is 1. The number of carbonyl (C=O) groups is 1. The van der Waals surface area contributed by atoms with Crippen LogP contribution >= 0.6 is 0 Å². The van der Waals surface area contributed by atoms with E-state index in [-0.39, 0.29) is 5.91 Å². The van der Waals surface area contributed by atoms with E-state index < -0.39 is 0 Å². The summed E-state index contributed by atoms with van der Waals surface area (Å²) in [5.74, 6) is 0.942. The first-order chi connectivity index (χ1) is 8.49. The lowest BCUT2D eigenvalue weighted by Gasteiger charge is -2.10. The van der Waals surface area contributed by atoms with Gasteiger partial charge in [-0.2, -0.15) is 0 Å². The van der Waals surface area contributed by atoms with Gasteiger partial charge in [-0.05, 0) is 17.9 Å². The van der Waals surface area contributed by atoms with Gasteiger partial charge < -0.3 is 10.6 Å². The summed E-state index contributed by atoms with van der Waals surface area (Å²) in [5.41, 5.74) is 1.49. The zero-order valence-electron chi connectivity index (χ0n) is 11.7. The van der Waals surface area contributed by atoms with Gasteiger partial charge in [0, 0.05) is 25.5 Å². The number of pyridine rings is 1. The normalized spacial score (nSPS) is 10.8. The van der Waals surface area contributed by atoms with Crippen molar-refractivity contribution < 1.29 is 4.79 Å². The van der Waals surface area contributed by atoms with Crippen LogP contribution in [0.15, 0.2) is 18.5 Å². The molecule has 1 aromatic heterocycles. The molecule has 0 spiro atoms. The zero-order chi connectivity index (χ0) is 13.5. The van der Waals surface area contributed by atoms with Crippen LogP contribution in [-0.4, -0.2) is 24.0 Å². The summed E-state index contributed by atoms with van der Waals surface area (Å²) in [6.07, 6.45) is 3.33. The maximum Gasteiger partial charge on any atom is 0.252 e. The molecular weight excluding hydrogens is 226 g/mol. The van der Waals surface area contributed by atoms with Gasteiger partial charge in [-0.1, -0.05) is 27.7 Å². The fourth-order valence-corrected chi connectivity index (χ4v) is 1.38. The third-order valence-corrected chi connectivity index (χ3v) is 2.39. The monoisotopic (exact) mass is 249 g/mol. The minimum absolute atomic E-state index is 0.0654. The van der Waals surface area contributed by atoms with E-state index in [1.54, 1.807) is 12.4 Å². The lowest BCUT2D eigenvalue weighted by atomic mass is 10.2. The van der Waals surface area contributed by atoms with Crippen LogP contribution in [0.2, 0.25) is 0 Å². The molecule has 0 aliphatic heterocycles. The van der Waals surface area contributed by atoms with E-state index in [9.17, 15) is 4.79 Å². The summed E-state index contributed by atoms with van der Waals surface area (Å²) in [5, 5.41) is 6.15. The van der Waals surface area contributed by atoms with Crippen molar-refractivity contribution in [3.63, 3.8) is 0 Å². The van der Waals surface area contributed by atoms with Gasteiger partial charge in [-0.15, -0.1) is 0 Å². The van der Waals surface area contributed by atoms with Crippen molar-refractivity contribution in [3.8, 4) is 0 Å². The molecule has 2 N–H and O–H groups in total. The Morgan fingerprint density at radius 1 is 1.17 bits per heavy atom. The van der Waals surface area contributed by atoms with Crippen molar-refractivity contribution in [2.24, 2.45) is 11.8 Å². The Morgan fingerprint density at radius 3 is 2.44 bits per heavy atom. The van der Waals surface area contributed by atoms with Gasteiger partial charge in [0.15, 0.2) is 0 Å². The first-order valence-electron chi connectivity index (χ1n) is 6.46. The predicted octanol–water partition coefficient (Wildman–Crippen LogP) is 2.54. The summed E-state index contributed by atoms with van der Waals surface area (Å²) < 4.78 is 0. The molecule has 4 heteroatoms. The molecule has 0 aromatic carbocycles. The summed E-state index contributed by atoms with van der Waals surface area (Å²) >= 11 is 0. The number of hydrogen-bond donors (Lipinski definition) is 2. The van der Waals surface area contributed by atoms with Crippen LogP contribution in [0, 0.1) is 11.8 Å². The van der Waals surface area contributed by atoms with Crippen molar-refractivity contribution in [1.29, 1.82) is 0 Å². The van der Waals surface area contributed by atoms with Gasteiger partial charge in [0.1, 0.15) is 0 Å². The van der Waals surface area contributed by atoms with Crippen LogP contribution in [-0.2, 0) is 0 Å². The maximum absolute atomic E-state index is 11.9. The van der Waals surface area contributed by atoms with E-state index >= 15 is 0 Å². The van der Waals surface area contributed by atoms with E-state index in [0.717, 1.165) is 12.2 Å². The van der Waals surface area contributed by atoms with Gasteiger partial charge in [-0.25, -0.2) is 0 Å². The molecule has 0 unspecified atom stereocenters. The molecular formula is C14H23N3O. The highest BCUT2D eigenvalue weighted by Gasteiger charge is 2.07. The van der Waals surface area contributed by atoms with Crippen LogP contribution in [0.25, 0.3) is 0 Å². The maximum atomic E-state index is 11.9. The van der Waals surface area contributed by atoms with Gasteiger partial charge >= 0.3 is 0 Å². The molecule has 0 aliphatic carbocycles. The summed E-state index contributed by atoms with van der Waals surface area (Å²) in [7, 11) is 0. The van der Waals surface area contributed by atoms with Crippen molar-refractivity contribution >= 4 is 11.6 Å². The molecule has 1 heterocycles. The molecule has 0 fully saturated rings. The number of rotatable bonds is 6. The second kappa shape index (κ2) is 6.99. The van der Waals surface area contributed by atoms with Crippen molar-refractivity contribution in [1.82, 2.24) is 10.3 Å². The Morgan fingerprint density at radius 2 is 1.83 bits per heavy atom. The number of amides is 1. The fraction of sp³-hybridized carbons (Fsp3) is 0.571. The molecule has 18 heavy (non-hydrogen) atoms. The molecule has 4 nitrogen and oxygen atoms in total. The molecule has 1 rings (SSSR count). The second-order valence-electron chi connectivity index (χ2n) is 5.34. The number of nitrogens with one attached hydrogen (secondary N) is 2. The topological polar surface area (TPSA) is 54.0 Å². The highest BCUT2D eigenvalue weighted by atomic mass is 16.1. The van der Waals surface area contributed by atoms with Gasteiger partial charge in [0.2, 0.25) is 0 Å². The number of nitrogens with zero attached hydrogens (tertiary/aromatic N) is 1. The quantitative estimate of drug-likeness (QED) is 0.814. The Hall–Kier alpha value is -1.58. The molecule has 0 saturated heterocycles. The van der Waals surface area contributed by atoms with E-state index in [2.05, 4.69) is 43.3 Å². The van der Waals surface area contributed by atoms with Gasteiger partial charge in [0.25, 0.3) is 5.91 Å². The van der Waals surface area contributed by atoms with Crippen LogP contribution < -0.4 is 10.6 Å². The third-order valence-electron chi connectivity index (χ3n) is 2.39. The lowest BCUT2D eigenvalue weighted by Crippen LogP contribution is -2.27. The van der Waals surface area contributed by atoms with Crippen molar-refractivity contribution in [2.45, 2.75) is 27.7 Å². The molecule has 1 aromatic rings. The van der Waals surface area contributed by atoms with Crippen LogP contribution in [0.3, 0.4) is 0 Å². The zero-order valence-corrected chi connectivity index (χ0v) is 11.7. The smallest absolute Gasteiger partial charge is 0.252 e. The van der Waals surface area contributed by atoms with Crippen LogP contribution in [0.1, 0.15) is 38.1 Å². The van der Waals surface area contributed by atoms with Crippen molar-refractivity contribution in [3.05, 3.63) is 24.0 Å². The van der Waals surface area contributed by atoms with E-state index in [0.29, 0.717) is 23.9 Å².